The number of nitriles is 1. The summed E-state index contributed by atoms with van der Waals surface area (Å²) in [5, 5.41) is 26.5. The minimum Gasteiger partial charge on any atom is -0.478 e. The van der Waals surface area contributed by atoms with E-state index in [1.54, 1.807) is 30.3 Å². The molecule has 0 fully saturated rings. The summed E-state index contributed by atoms with van der Waals surface area (Å²) < 4.78 is 2.13. The number of carboxylic acid groups (broad SMARTS) is 1. The van der Waals surface area contributed by atoms with Crippen LogP contribution in [0.1, 0.15) is 15.9 Å². The van der Waals surface area contributed by atoms with E-state index in [0.717, 1.165) is 4.47 Å². The van der Waals surface area contributed by atoms with Gasteiger partial charge >= 0.3 is 5.97 Å². The summed E-state index contributed by atoms with van der Waals surface area (Å²) in [5.74, 6) is -1.07. The van der Waals surface area contributed by atoms with Crippen molar-refractivity contribution in [3.05, 3.63) is 52.0 Å². The highest BCUT2D eigenvalue weighted by Crippen LogP contribution is 2.25. The summed E-state index contributed by atoms with van der Waals surface area (Å²) in [7, 11) is 0. The van der Waals surface area contributed by atoms with Gasteiger partial charge in [0.2, 0.25) is 0 Å². The Labute approximate surface area is 127 Å². The SMILES string of the molecule is N#Cc1ccc(Br)cc1-n1nnc2cccc(C(=O)O)c21. The van der Waals surface area contributed by atoms with E-state index in [0.29, 0.717) is 22.3 Å². The van der Waals surface area contributed by atoms with Crippen LogP contribution in [0.5, 0.6) is 0 Å². The van der Waals surface area contributed by atoms with Gasteiger partial charge in [0.1, 0.15) is 17.1 Å². The Hall–Kier alpha value is -2.72. The third kappa shape index (κ3) is 2.15. The second-order valence-electron chi connectivity index (χ2n) is 4.25. The number of benzene rings is 2. The number of para-hydroxylation sites is 1. The number of carbonyl (C=O) groups is 1. The van der Waals surface area contributed by atoms with Gasteiger partial charge in [-0.1, -0.05) is 27.2 Å². The largest absolute Gasteiger partial charge is 0.478 e. The van der Waals surface area contributed by atoms with Gasteiger partial charge in [-0.15, -0.1) is 5.10 Å². The van der Waals surface area contributed by atoms with Crippen molar-refractivity contribution in [2.75, 3.05) is 0 Å². The van der Waals surface area contributed by atoms with Crippen molar-refractivity contribution in [2.45, 2.75) is 0 Å². The zero-order chi connectivity index (χ0) is 15.0. The topological polar surface area (TPSA) is 91.8 Å². The van der Waals surface area contributed by atoms with Crippen LogP contribution in [0, 0.1) is 11.3 Å². The highest BCUT2D eigenvalue weighted by atomic mass is 79.9. The molecule has 0 aliphatic carbocycles. The van der Waals surface area contributed by atoms with Gasteiger partial charge in [0.25, 0.3) is 0 Å². The summed E-state index contributed by atoms with van der Waals surface area (Å²) in [5.41, 5.74) is 1.76. The number of hydrogen-bond acceptors (Lipinski definition) is 4. The molecule has 3 aromatic rings. The fourth-order valence-electron chi connectivity index (χ4n) is 2.09. The molecule has 0 bridgehead atoms. The standard InChI is InChI=1S/C14H7BrN4O2/c15-9-5-4-8(7-16)12(6-9)19-13-10(14(20)21)2-1-3-11(13)17-18-19/h1-6H,(H,20,21). The van der Waals surface area contributed by atoms with Crippen molar-refractivity contribution in [3.63, 3.8) is 0 Å². The molecule has 1 aromatic heterocycles. The summed E-state index contributed by atoms with van der Waals surface area (Å²) in [4.78, 5) is 11.4. The number of halogens is 1. The maximum Gasteiger partial charge on any atom is 0.337 e. The first-order chi connectivity index (χ1) is 10.1. The Kier molecular flexibility index (Phi) is 3.16. The van der Waals surface area contributed by atoms with E-state index in [1.165, 1.54) is 10.7 Å². The van der Waals surface area contributed by atoms with E-state index >= 15 is 0 Å². The van der Waals surface area contributed by atoms with Gasteiger partial charge in [0, 0.05) is 4.47 Å². The van der Waals surface area contributed by atoms with Crippen molar-refractivity contribution in [3.8, 4) is 11.8 Å². The van der Waals surface area contributed by atoms with E-state index in [4.69, 9.17) is 0 Å². The molecule has 2 aromatic carbocycles. The van der Waals surface area contributed by atoms with Gasteiger partial charge in [0.05, 0.1) is 16.8 Å². The van der Waals surface area contributed by atoms with Gasteiger partial charge in [-0.3, -0.25) is 0 Å². The van der Waals surface area contributed by atoms with Gasteiger partial charge in [0.15, 0.2) is 0 Å². The Morgan fingerprint density at radius 3 is 2.86 bits per heavy atom. The third-order valence-corrected chi connectivity index (χ3v) is 3.50. The molecule has 0 spiro atoms. The Morgan fingerprint density at radius 1 is 1.33 bits per heavy atom. The van der Waals surface area contributed by atoms with E-state index in [9.17, 15) is 15.2 Å². The fraction of sp³-hybridized carbons (Fsp3) is 0. The van der Waals surface area contributed by atoms with Crippen LogP contribution >= 0.6 is 15.9 Å². The quantitative estimate of drug-likeness (QED) is 0.772. The predicted molar refractivity (Wildman–Crippen MR) is 78.2 cm³/mol. The number of fused-ring (bicyclic) bond motifs is 1. The van der Waals surface area contributed by atoms with Crippen LogP contribution in [-0.2, 0) is 0 Å². The average Bonchev–Trinajstić information content (AvgIpc) is 2.90. The molecular weight excluding hydrogens is 336 g/mol. The smallest absolute Gasteiger partial charge is 0.337 e. The Balaban J connectivity index is 2.39. The Bertz CT molecular complexity index is 911. The van der Waals surface area contributed by atoms with Crippen LogP contribution in [0.3, 0.4) is 0 Å². The van der Waals surface area contributed by atoms with Crippen LogP contribution in [0.4, 0.5) is 0 Å². The number of rotatable bonds is 2. The molecule has 1 N–H and O–H groups in total. The van der Waals surface area contributed by atoms with Gasteiger partial charge in [-0.2, -0.15) is 5.26 Å². The molecule has 0 amide bonds. The molecule has 0 saturated heterocycles. The summed E-state index contributed by atoms with van der Waals surface area (Å²) >= 11 is 3.34. The molecule has 0 unspecified atom stereocenters. The second kappa shape index (κ2) is 5.00. The van der Waals surface area contributed by atoms with Gasteiger partial charge in [-0.25, -0.2) is 9.48 Å². The van der Waals surface area contributed by atoms with Crippen molar-refractivity contribution in [1.29, 1.82) is 5.26 Å². The van der Waals surface area contributed by atoms with Crippen molar-refractivity contribution in [2.24, 2.45) is 0 Å². The minimum atomic E-state index is -1.07. The maximum absolute atomic E-state index is 11.4. The van der Waals surface area contributed by atoms with Crippen molar-refractivity contribution >= 4 is 32.9 Å². The normalized spacial score (nSPS) is 10.5. The van der Waals surface area contributed by atoms with Crippen molar-refractivity contribution < 1.29 is 9.90 Å². The Morgan fingerprint density at radius 2 is 2.14 bits per heavy atom. The maximum atomic E-state index is 11.4. The van der Waals surface area contributed by atoms with E-state index in [2.05, 4.69) is 32.3 Å². The van der Waals surface area contributed by atoms with Crippen LogP contribution in [-0.4, -0.2) is 26.1 Å². The fourth-order valence-corrected chi connectivity index (χ4v) is 2.44. The zero-order valence-electron chi connectivity index (χ0n) is 10.5. The number of hydrogen-bond donors (Lipinski definition) is 1. The van der Waals surface area contributed by atoms with E-state index in [1.807, 2.05) is 0 Å². The molecular formula is C14H7BrN4O2. The molecule has 6 nitrogen and oxygen atoms in total. The van der Waals surface area contributed by atoms with E-state index < -0.39 is 5.97 Å². The first kappa shape index (κ1) is 13.3. The number of carboxylic acids is 1. The second-order valence-corrected chi connectivity index (χ2v) is 5.17. The summed E-state index contributed by atoms with van der Waals surface area (Å²) in [6.07, 6.45) is 0. The summed E-state index contributed by atoms with van der Waals surface area (Å²) in [6, 6.07) is 11.9. The lowest BCUT2D eigenvalue weighted by molar-refractivity contribution is 0.0698. The minimum absolute atomic E-state index is 0.0846. The van der Waals surface area contributed by atoms with E-state index in [-0.39, 0.29) is 5.56 Å². The monoisotopic (exact) mass is 342 g/mol. The van der Waals surface area contributed by atoms with Gasteiger partial charge < -0.3 is 5.11 Å². The molecule has 7 heteroatoms. The predicted octanol–water partition coefficient (Wildman–Crippen LogP) is 2.75. The van der Waals surface area contributed by atoms with Crippen LogP contribution in [0.2, 0.25) is 0 Å². The lowest BCUT2D eigenvalue weighted by Crippen LogP contribution is -2.05. The first-order valence-electron chi connectivity index (χ1n) is 5.89. The molecule has 0 radical (unpaired) electrons. The first-order valence-corrected chi connectivity index (χ1v) is 6.69. The van der Waals surface area contributed by atoms with Crippen LogP contribution in [0.15, 0.2) is 40.9 Å². The van der Waals surface area contributed by atoms with Gasteiger partial charge in [-0.05, 0) is 30.3 Å². The number of aromatic carboxylic acids is 1. The summed E-state index contributed by atoms with van der Waals surface area (Å²) in [6.45, 7) is 0. The third-order valence-electron chi connectivity index (χ3n) is 3.01. The van der Waals surface area contributed by atoms with Crippen LogP contribution < -0.4 is 0 Å². The molecule has 0 atom stereocenters. The molecule has 102 valence electrons. The zero-order valence-corrected chi connectivity index (χ0v) is 12.1. The average molecular weight is 343 g/mol. The molecule has 0 saturated carbocycles. The number of nitrogens with zero attached hydrogens (tertiary/aromatic N) is 4. The molecule has 0 aliphatic rings. The molecule has 0 aliphatic heterocycles. The highest BCUT2D eigenvalue weighted by molar-refractivity contribution is 9.10. The molecule has 21 heavy (non-hydrogen) atoms. The lowest BCUT2D eigenvalue weighted by Gasteiger charge is -2.07. The van der Waals surface area contributed by atoms with Crippen LogP contribution in [0.25, 0.3) is 16.7 Å². The lowest BCUT2D eigenvalue weighted by atomic mass is 10.1. The molecule has 1 heterocycles. The molecule has 3 rings (SSSR count). The number of aromatic nitrogens is 3. The highest BCUT2D eigenvalue weighted by Gasteiger charge is 2.17. The van der Waals surface area contributed by atoms with Crippen molar-refractivity contribution in [1.82, 2.24) is 15.0 Å².